The van der Waals surface area contributed by atoms with Crippen molar-refractivity contribution in [2.75, 3.05) is 29.9 Å². The predicted octanol–water partition coefficient (Wildman–Crippen LogP) is 3.57. The van der Waals surface area contributed by atoms with Gasteiger partial charge < -0.3 is 9.80 Å². The van der Waals surface area contributed by atoms with Crippen molar-refractivity contribution in [3.05, 3.63) is 22.7 Å². The molecule has 3 nitrogen and oxygen atoms in total. The van der Waals surface area contributed by atoms with Gasteiger partial charge in [-0.15, -0.1) is 0 Å². The van der Waals surface area contributed by atoms with Crippen molar-refractivity contribution in [1.82, 2.24) is 0 Å². The summed E-state index contributed by atoms with van der Waals surface area (Å²) < 4.78 is 37.9. The van der Waals surface area contributed by atoms with Crippen LogP contribution in [0.5, 0.6) is 0 Å². The van der Waals surface area contributed by atoms with Crippen molar-refractivity contribution < 1.29 is 18.0 Å². The number of carbonyl (C=O) groups is 1. The molecule has 0 unspecified atom stereocenters. The Bertz CT molecular complexity index is 513. The van der Waals surface area contributed by atoms with E-state index in [4.69, 9.17) is 0 Å². The molecule has 0 spiro atoms. The Morgan fingerprint density at radius 2 is 1.90 bits per heavy atom. The fourth-order valence-corrected chi connectivity index (χ4v) is 2.84. The van der Waals surface area contributed by atoms with E-state index >= 15 is 0 Å². The minimum Gasteiger partial charge on any atom is -0.371 e. The number of rotatable bonds is 2. The van der Waals surface area contributed by atoms with Gasteiger partial charge in [0.25, 0.3) is 0 Å². The molecule has 0 saturated carbocycles. The molecule has 1 amide bonds. The third kappa shape index (κ3) is 3.08. The van der Waals surface area contributed by atoms with Gasteiger partial charge in [-0.3, -0.25) is 4.79 Å². The molecule has 0 radical (unpaired) electrons. The third-order valence-electron chi connectivity index (χ3n) is 3.31. The number of carbonyl (C=O) groups excluding carboxylic acids is 1. The summed E-state index contributed by atoms with van der Waals surface area (Å²) in [4.78, 5) is 14.0. The summed E-state index contributed by atoms with van der Waals surface area (Å²) in [5, 5.41) is 0. The molecule has 1 aromatic carbocycles. The van der Waals surface area contributed by atoms with E-state index in [0.717, 1.165) is 38.7 Å². The second-order valence-corrected chi connectivity index (χ2v) is 5.55. The van der Waals surface area contributed by atoms with Crippen LogP contribution in [-0.2, 0) is 4.79 Å². The largest absolute Gasteiger partial charge is 0.471 e. The van der Waals surface area contributed by atoms with E-state index in [1.54, 1.807) is 6.07 Å². The van der Waals surface area contributed by atoms with Crippen LogP contribution in [0.3, 0.4) is 0 Å². The highest BCUT2D eigenvalue weighted by Gasteiger charge is 2.41. The van der Waals surface area contributed by atoms with Crippen LogP contribution < -0.4 is 9.80 Å². The van der Waals surface area contributed by atoms with E-state index in [1.807, 2.05) is 0 Å². The van der Waals surface area contributed by atoms with Gasteiger partial charge in [-0.1, -0.05) is 0 Å². The molecular weight excluding hydrogens is 337 g/mol. The number of amides is 1. The summed E-state index contributed by atoms with van der Waals surface area (Å²) in [6, 6.07) is 4.81. The van der Waals surface area contributed by atoms with E-state index in [0.29, 0.717) is 9.37 Å². The van der Waals surface area contributed by atoms with E-state index in [9.17, 15) is 18.0 Å². The topological polar surface area (TPSA) is 23.6 Å². The van der Waals surface area contributed by atoms with Gasteiger partial charge in [-0.25, -0.2) is 0 Å². The van der Waals surface area contributed by atoms with Gasteiger partial charge in [-0.05, 0) is 47.0 Å². The smallest absolute Gasteiger partial charge is 0.371 e. The van der Waals surface area contributed by atoms with Crippen molar-refractivity contribution in [3.63, 3.8) is 0 Å². The Kier molecular flexibility index (Phi) is 4.27. The van der Waals surface area contributed by atoms with Gasteiger partial charge in [0, 0.05) is 30.3 Å². The highest BCUT2D eigenvalue weighted by atomic mass is 79.9. The molecule has 0 aromatic heterocycles. The summed E-state index contributed by atoms with van der Waals surface area (Å²) in [6.07, 6.45) is -2.64. The molecule has 1 aliphatic heterocycles. The van der Waals surface area contributed by atoms with Gasteiger partial charge in [-0.2, -0.15) is 13.2 Å². The maximum atomic E-state index is 12.4. The summed E-state index contributed by atoms with van der Waals surface area (Å²) in [6.45, 7) is 1.88. The van der Waals surface area contributed by atoms with Crippen LogP contribution in [0.15, 0.2) is 22.7 Å². The molecule has 1 fully saturated rings. The second kappa shape index (κ2) is 5.63. The molecule has 0 atom stereocenters. The summed E-state index contributed by atoms with van der Waals surface area (Å²) in [7, 11) is 1.12. The Balaban J connectivity index is 2.22. The molecule has 1 aliphatic rings. The van der Waals surface area contributed by atoms with Crippen molar-refractivity contribution in [3.8, 4) is 0 Å². The van der Waals surface area contributed by atoms with Crippen LogP contribution in [-0.4, -0.2) is 32.2 Å². The van der Waals surface area contributed by atoms with Crippen molar-refractivity contribution in [1.29, 1.82) is 0 Å². The van der Waals surface area contributed by atoms with Crippen LogP contribution >= 0.6 is 15.9 Å². The van der Waals surface area contributed by atoms with Gasteiger partial charge in [0.15, 0.2) is 0 Å². The van der Waals surface area contributed by atoms with Crippen molar-refractivity contribution >= 4 is 33.2 Å². The number of alkyl halides is 3. The zero-order chi connectivity index (χ0) is 14.9. The molecule has 20 heavy (non-hydrogen) atoms. The number of hydrogen-bond donors (Lipinski definition) is 0. The molecule has 0 N–H and O–H groups in total. The van der Waals surface area contributed by atoms with E-state index in [-0.39, 0.29) is 5.69 Å². The molecule has 0 aliphatic carbocycles. The third-order valence-corrected chi connectivity index (χ3v) is 3.95. The predicted molar refractivity (Wildman–Crippen MR) is 75.1 cm³/mol. The van der Waals surface area contributed by atoms with Gasteiger partial charge in [0.05, 0.1) is 5.69 Å². The Morgan fingerprint density at radius 1 is 1.30 bits per heavy atom. The Hall–Kier alpha value is -1.24. The normalized spacial score (nSPS) is 15.6. The van der Waals surface area contributed by atoms with Crippen LogP contribution in [0.1, 0.15) is 12.8 Å². The summed E-state index contributed by atoms with van der Waals surface area (Å²) >= 11 is 3.36. The molecule has 1 saturated heterocycles. The number of halogens is 4. The molecule has 7 heteroatoms. The van der Waals surface area contributed by atoms with Crippen LogP contribution in [0, 0.1) is 0 Å². The first kappa shape index (κ1) is 15.2. The van der Waals surface area contributed by atoms with E-state index < -0.39 is 12.1 Å². The minimum absolute atomic E-state index is 0.210. The van der Waals surface area contributed by atoms with Crippen LogP contribution in [0.4, 0.5) is 24.5 Å². The lowest BCUT2D eigenvalue weighted by atomic mass is 10.2. The fraction of sp³-hybridized carbons (Fsp3) is 0.462. The number of nitrogens with zero attached hydrogens (tertiary/aromatic N) is 2. The van der Waals surface area contributed by atoms with Crippen molar-refractivity contribution in [2.24, 2.45) is 0 Å². The van der Waals surface area contributed by atoms with E-state index in [2.05, 4.69) is 20.8 Å². The highest BCUT2D eigenvalue weighted by molar-refractivity contribution is 9.10. The second-order valence-electron chi connectivity index (χ2n) is 4.69. The average molecular weight is 351 g/mol. The minimum atomic E-state index is -4.87. The molecule has 0 bridgehead atoms. The zero-order valence-corrected chi connectivity index (χ0v) is 12.5. The Labute approximate surface area is 123 Å². The molecule has 1 aromatic rings. The highest BCUT2D eigenvalue weighted by Crippen LogP contribution is 2.33. The van der Waals surface area contributed by atoms with Crippen molar-refractivity contribution in [2.45, 2.75) is 19.0 Å². The molecule has 1 heterocycles. The fourth-order valence-electron chi connectivity index (χ4n) is 2.23. The number of anilines is 2. The van der Waals surface area contributed by atoms with Gasteiger partial charge in [0.1, 0.15) is 0 Å². The maximum absolute atomic E-state index is 12.4. The lowest BCUT2D eigenvalue weighted by Crippen LogP contribution is -2.38. The summed E-state index contributed by atoms with van der Waals surface area (Å²) in [5.74, 6) is -1.88. The standard InChI is InChI=1S/C13H14BrF3N2O/c1-18(12(20)13(15,16)17)9-4-5-11(10(14)8-9)19-6-2-3-7-19/h4-5,8H,2-3,6-7H2,1H3. The van der Waals surface area contributed by atoms with E-state index in [1.165, 1.54) is 12.1 Å². The first-order valence-corrected chi connectivity index (χ1v) is 6.99. The monoisotopic (exact) mass is 350 g/mol. The SMILES string of the molecule is CN(C(=O)C(F)(F)F)c1ccc(N2CCCC2)c(Br)c1. The molecule has 2 rings (SSSR count). The summed E-state index contributed by atoms with van der Waals surface area (Å²) in [5.41, 5.74) is 1.15. The quantitative estimate of drug-likeness (QED) is 0.813. The lowest BCUT2D eigenvalue weighted by Gasteiger charge is -2.23. The number of hydrogen-bond acceptors (Lipinski definition) is 2. The zero-order valence-electron chi connectivity index (χ0n) is 10.9. The molecule has 110 valence electrons. The average Bonchev–Trinajstić information content (AvgIpc) is 2.89. The van der Waals surface area contributed by atoms with Crippen LogP contribution in [0.2, 0.25) is 0 Å². The van der Waals surface area contributed by atoms with Gasteiger partial charge >= 0.3 is 12.1 Å². The van der Waals surface area contributed by atoms with Gasteiger partial charge in [0.2, 0.25) is 0 Å². The maximum Gasteiger partial charge on any atom is 0.471 e. The first-order valence-electron chi connectivity index (χ1n) is 6.20. The first-order chi connectivity index (χ1) is 9.30. The number of benzene rings is 1. The lowest BCUT2D eigenvalue weighted by molar-refractivity contribution is -0.170. The van der Waals surface area contributed by atoms with Crippen LogP contribution in [0.25, 0.3) is 0 Å². The molecular formula is C13H14BrF3N2O. The Morgan fingerprint density at radius 3 is 2.40 bits per heavy atom.